The quantitative estimate of drug-likeness (QED) is 0.773. The number of rotatable bonds is 3. The van der Waals surface area contributed by atoms with Crippen molar-refractivity contribution in [2.45, 2.75) is 13.3 Å². The molecule has 1 N–H and O–H groups in total. The second kappa shape index (κ2) is 3.69. The van der Waals surface area contributed by atoms with Gasteiger partial charge in [-0.2, -0.15) is 0 Å². The third-order valence-corrected chi connectivity index (χ3v) is 2.36. The lowest BCUT2D eigenvalue weighted by molar-refractivity contribution is -0.116. The van der Waals surface area contributed by atoms with Crippen molar-refractivity contribution in [1.82, 2.24) is 4.98 Å². The Labute approximate surface area is 87.1 Å². The Morgan fingerprint density at radius 2 is 2.27 bits per heavy atom. The predicted octanol–water partition coefficient (Wildman–Crippen LogP) is 2.11. The Bertz CT molecular complexity index is 525. The van der Waals surface area contributed by atoms with Crippen LogP contribution in [0.25, 0.3) is 10.9 Å². The number of aromatic nitrogens is 1. The molecule has 0 atom stereocenters. The molecule has 0 aliphatic carbocycles. The summed E-state index contributed by atoms with van der Waals surface area (Å²) in [5, 5.41) is 0.878. The molecule has 3 nitrogen and oxygen atoms in total. The molecule has 2 aromatic rings. The number of benzene rings is 1. The fourth-order valence-corrected chi connectivity index (χ4v) is 1.68. The van der Waals surface area contributed by atoms with Gasteiger partial charge in [0.15, 0.2) is 6.29 Å². The first-order chi connectivity index (χ1) is 7.20. The number of ketones is 1. The first kappa shape index (κ1) is 9.65. The molecule has 0 aliphatic rings. The zero-order valence-corrected chi connectivity index (χ0v) is 8.41. The molecule has 2 rings (SSSR count). The van der Waals surface area contributed by atoms with E-state index in [1.165, 1.54) is 0 Å². The molecule has 0 spiro atoms. The monoisotopic (exact) mass is 201 g/mol. The smallest absolute Gasteiger partial charge is 0.152 e. The van der Waals surface area contributed by atoms with Crippen LogP contribution in [0.3, 0.4) is 0 Å². The van der Waals surface area contributed by atoms with E-state index in [-0.39, 0.29) is 5.78 Å². The average Bonchev–Trinajstić information content (AvgIpc) is 2.59. The van der Waals surface area contributed by atoms with E-state index in [4.69, 9.17) is 0 Å². The van der Waals surface area contributed by atoms with Gasteiger partial charge in [0.1, 0.15) is 5.78 Å². The first-order valence-electron chi connectivity index (χ1n) is 4.75. The summed E-state index contributed by atoms with van der Waals surface area (Å²) >= 11 is 0. The van der Waals surface area contributed by atoms with Gasteiger partial charge in [0, 0.05) is 29.1 Å². The molecule has 15 heavy (non-hydrogen) atoms. The highest BCUT2D eigenvalue weighted by atomic mass is 16.1. The fourth-order valence-electron chi connectivity index (χ4n) is 1.68. The summed E-state index contributed by atoms with van der Waals surface area (Å²) in [7, 11) is 0. The molecule has 0 saturated carbocycles. The number of H-pyrrole nitrogens is 1. The van der Waals surface area contributed by atoms with E-state index in [0.29, 0.717) is 12.0 Å². The van der Waals surface area contributed by atoms with Gasteiger partial charge < -0.3 is 4.98 Å². The zero-order valence-electron chi connectivity index (χ0n) is 8.41. The molecule has 76 valence electrons. The van der Waals surface area contributed by atoms with Crippen LogP contribution in [-0.2, 0) is 11.2 Å². The number of nitrogens with one attached hydrogen (secondary N) is 1. The average molecular weight is 201 g/mol. The maximum atomic E-state index is 11.0. The molecule has 0 amide bonds. The molecule has 0 bridgehead atoms. The lowest BCUT2D eigenvalue weighted by Gasteiger charge is -1.98. The largest absolute Gasteiger partial charge is 0.360 e. The number of aldehydes is 1. The summed E-state index contributed by atoms with van der Waals surface area (Å²) < 4.78 is 0. The van der Waals surface area contributed by atoms with Crippen molar-refractivity contribution >= 4 is 23.0 Å². The SMILES string of the molecule is CC(=O)Cc1ccc2[nH]cc(C=O)c2c1. The van der Waals surface area contributed by atoms with E-state index in [2.05, 4.69) is 4.98 Å². The number of hydrogen-bond acceptors (Lipinski definition) is 2. The maximum Gasteiger partial charge on any atom is 0.152 e. The molecule has 1 aromatic carbocycles. The third kappa shape index (κ3) is 1.81. The summed E-state index contributed by atoms with van der Waals surface area (Å²) in [5.41, 5.74) is 2.50. The number of carbonyl (C=O) groups is 2. The van der Waals surface area contributed by atoms with Gasteiger partial charge in [0.25, 0.3) is 0 Å². The van der Waals surface area contributed by atoms with Crippen LogP contribution in [0, 0.1) is 0 Å². The zero-order chi connectivity index (χ0) is 10.8. The summed E-state index contributed by atoms with van der Waals surface area (Å²) in [4.78, 5) is 24.7. The normalized spacial score (nSPS) is 10.5. The van der Waals surface area contributed by atoms with Gasteiger partial charge in [0.05, 0.1) is 0 Å². The van der Waals surface area contributed by atoms with Crippen LogP contribution < -0.4 is 0 Å². The second-order valence-corrected chi connectivity index (χ2v) is 3.62. The highest BCUT2D eigenvalue weighted by molar-refractivity contribution is 5.97. The van der Waals surface area contributed by atoms with Crippen LogP contribution >= 0.6 is 0 Å². The molecular formula is C12H11NO2. The first-order valence-corrected chi connectivity index (χ1v) is 4.75. The van der Waals surface area contributed by atoms with Crippen LogP contribution in [0.4, 0.5) is 0 Å². The number of fused-ring (bicyclic) bond motifs is 1. The number of Topliss-reactive ketones (excluding diaryl/α,β-unsaturated/α-hetero) is 1. The molecule has 1 heterocycles. The van der Waals surface area contributed by atoms with Gasteiger partial charge in [-0.15, -0.1) is 0 Å². The van der Waals surface area contributed by atoms with E-state index in [1.807, 2.05) is 18.2 Å². The van der Waals surface area contributed by atoms with Crippen LogP contribution in [-0.4, -0.2) is 17.1 Å². The predicted molar refractivity (Wildman–Crippen MR) is 58.1 cm³/mol. The minimum Gasteiger partial charge on any atom is -0.360 e. The van der Waals surface area contributed by atoms with Crippen molar-refractivity contribution < 1.29 is 9.59 Å². The Morgan fingerprint density at radius 1 is 1.47 bits per heavy atom. The van der Waals surface area contributed by atoms with Crippen LogP contribution in [0.1, 0.15) is 22.8 Å². The Hall–Kier alpha value is -1.90. The van der Waals surface area contributed by atoms with Gasteiger partial charge in [-0.3, -0.25) is 9.59 Å². The summed E-state index contributed by atoms with van der Waals surface area (Å²) in [5.74, 6) is 0.123. The molecule has 0 unspecified atom stereocenters. The molecule has 0 radical (unpaired) electrons. The van der Waals surface area contributed by atoms with E-state index in [1.54, 1.807) is 13.1 Å². The molecule has 0 fully saturated rings. The van der Waals surface area contributed by atoms with Gasteiger partial charge in [-0.05, 0) is 24.6 Å². The Kier molecular flexibility index (Phi) is 2.37. The van der Waals surface area contributed by atoms with Gasteiger partial charge in [0.2, 0.25) is 0 Å². The van der Waals surface area contributed by atoms with E-state index >= 15 is 0 Å². The molecule has 3 heteroatoms. The lowest BCUT2D eigenvalue weighted by atomic mass is 10.1. The summed E-state index contributed by atoms with van der Waals surface area (Å²) in [6.45, 7) is 1.56. The van der Waals surface area contributed by atoms with Gasteiger partial charge >= 0.3 is 0 Å². The number of carbonyl (C=O) groups excluding carboxylic acids is 2. The molecule has 0 saturated heterocycles. The van der Waals surface area contributed by atoms with Crippen LogP contribution in [0.15, 0.2) is 24.4 Å². The number of hydrogen-bond donors (Lipinski definition) is 1. The van der Waals surface area contributed by atoms with Crippen molar-refractivity contribution in [3.05, 3.63) is 35.5 Å². The standard InChI is InChI=1S/C12H11NO2/c1-8(15)4-9-2-3-12-11(5-9)10(7-14)6-13-12/h2-3,5-7,13H,4H2,1H3. The highest BCUT2D eigenvalue weighted by Crippen LogP contribution is 2.18. The highest BCUT2D eigenvalue weighted by Gasteiger charge is 2.04. The van der Waals surface area contributed by atoms with Crippen LogP contribution in [0.2, 0.25) is 0 Å². The van der Waals surface area contributed by atoms with E-state index < -0.39 is 0 Å². The van der Waals surface area contributed by atoms with Crippen molar-refractivity contribution in [3.8, 4) is 0 Å². The maximum absolute atomic E-state index is 11.0. The van der Waals surface area contributed by atoms with Crippen molar-refractivity contribution in [3.63, 3.8) is 0 Å². The van der Waals surface area contributed by atoms with Crippen molar-refractivity contribution in [1.29, 1.82) is 0 Å². The van der Waals surface area contributed by atoms with Crippen molar-refractivity contribution in [2.24, 2.45) is 0 Å². The lowest BCUT2D eigenvalue weighted by Crippen LogP contribution is -1.95. The van der Waals surface area contributed by atoms with Gasteiger partial charge in [-0.25, -0.2) is 0 Å². The Balaban J connectivity index is 2.52. The summed E-state index contributed by atoms with van der Waals surface area (Å²) in [6.07, 6.45) is 2.91. The molecule has 1 aromatic heterocycles. The van der Waals surface area contributed by atoms with Crippen LogP contribution in [0.5, 0.6) is 0 Å². The topological polar surface area (TPSA) is 49.9 Å². The third-order valence-electron chi connectivity index (χ3n) is 2.36. The Morgan fingerprint density at radius 3 is 2.93 bits per heavy atom. The van der Waals surface area contributed by atoms with Gasteiger partial charge in [-0.1, -0.05) is 6.07 Å². The summed E-state index contributed by atoms with van der Waals surface area (Å²) in [6, 6.07) is 5.67. The minimum absolute atomic E-state index is 0.123. The molecule has 0 aliphatic heterocycles. The fraction of sp³-hybridized carbons (Fsp3) is 0.167. The van der Waals surface area contributed by atoms with Crippen molar-refractivity contribution in [2.75, 3.05) is 0 Å². The molecular weight excluding hydrogens is 190 g/mol. The van der Waals surface area contributed by atoms with E-state index in [9.17, 15) is 9.59 Å². The number of aromatic amines is 1. The minimum atomic E-state index is 0.123. The second-order valence-electron chi connectivity index (χ2n) is 3.62. The van der Waals surface area contributed by atoms with E-state index in [0.717, 1.165) is 22.8 Å².